The second-order valence-electron chi connectivity index (χ2n) is 5.92. The lowest BCUT2D eigenvalue weighted by atomic mass is 10.1. The minimum absolute atomic E-state index is 0.0392. The molecule has 0 radical (unpaired) electrons. The molecule has 4 N–H and O–H groups in total. The number of amides is 1. The van der Waals surface area contributed by atoms with E-state index in [-0.39, 0.29) is 6.61 Å². The number of alkyl carbamates (subject to hydrolysis) is 1. The van der Waals surface area contributed by atoms with Gasteiger partial charge in [0.2, 0.25) is 5.95 Å². The number of hydrogen-bond donors (Lipinski definition) is 3. The number of halogens is 1. The summed E-state index contributed by atoms with van der Waals surface area (Å²) in [5, 5.41) is 9.02. The Morgan fingerprint density at radius 2 is 2.15 bits per heavy atom. The van der Waals surface area contributed by atoms with E-state index in [9.17, 15) is 9.18 Å². The molecular formula is C17H19FN6O2. The third-order valence-electron chi connectivity index (χ3n) is 3.92. The molecule has 9 heteroatoms. The quantitative estimate of drug-likeness (QED) is 0.567. The van der Waals surface area contributed by atoms with Gasteiger partial charge < -0.3 is 15.4 Å². The van der Waals surface area contributed by atoms with Gasteiger partial charge in [-0.05, 0) is 23.6 Å². The SMILES string of the molecule is N=C(N)NC(=O)OCc1cccc(-c2cnc(N3CC[C@H](F)C3)nc2)c1. The summed E-state index contributed by atoms with van der Waals surface area (Å²) in [5.74, 6) is 0.0485. The number of carbonyl (C=O) groups excluding carboxylic acids is 1. The average molecular weight is 358 g/mol. The number of aromatic nitrogens is 2. The molecule has 26 heavy (non-hydrogen) atoms. The fraction of sp³-hybridized carbons (Fsp3) is 0.294. The van der Waals surface area contributed by atoms with E-state index in [1.54, 1.807) is 12.4 Å². The van der Waals surface area contributed by atoms with Gasteiger partial charge >= 0.3 is 6.09 Å². The van der Waals surface area contributed by atoms with Crippen molar-refractivity contribution in [3.05, 3.63) is 42.2 Å². The van der Waals surface area contributed by atoms with Crippen LogP contribution in [0.4, 0.5) is 15.1 Å². The molecule has 1 atom stereocenters. The van der Waals surface area contributed by atoms with Gasteiger partial charge in [-0.1, -0.05) is 18.2 Å². The second kappa shape index (κ2) is 7.77. The van der Waals surface area contributed by atoms with Crippen LogP contribution < -0.4 is 16.0 Å². The van der Waals surface area contributed by atoms with Crippen molar-refractivity contribution in [2.75, 3.05) is 18.0 Å². The summed E-state index contributed by atoms with van der Waals surface area (Å²) in [7, 11) is 0. The minimum atomic E-state index is -0.824. The zero-order valence-electron chi connectivity index (χ0n) is 14.0. The van der Waals surface area contributed by atoms with Crippen molar-refractivity contribution in [2.45, 2.75) is 19.2 Å². The fourth-order valence-electron chi connectivity index (χ4n) is 2.67. The Labute approximate surface area is 149 Å². The molecule has 0 saturated carbocycles. The molecule has 1 fully saturated rings. The molecule has 1 aliphatic heterocycles. The summed E-state index contributed by atoms with van der Waals surface area (Å²) < 4.78 is 18.3. The zero-order valence-corrected chi connectivity index (χ0v) is 14.0. The van der Waals surface area contributed by atoms with Gasteiger partial charge in [-0.25, -0.2) is 19.2 Å². The summed E-state index contributed by atoms with van der Waals surface area (Å²) >= 11 is 0. The molecule has 136 valence electrons. The number of nitrogens with one attached hydrogen (secondary N) is 2. The van der Waals surface area contributed by atoms with E-state index < -0.39 is 18.2 Å². The monoisotopic (exact) mass is 358 g/mol. The topological polar surface area (TPSA) is 117 Å². The first-order chi connectivity index (χ1) is 12.5. The zero-order chi connectivity index (χ0) is 18.5. The Morgan fingerprint density at radius 1 is 1.38 bits per heavy atom. The Balaban J connectivity index is 1.66. The predicted octanol–water partition coefficient (Wildman–Crippen LogP) is 1.81. The van der Waals surface area contributed by atoms with Crippen LogP contribution in [0, 0.1) is 5.41 Å². The molecule has 1 aromatic heterocycles. The highest BCUT2D eigenvalue weighted by molar-refractivity contribution is 5.90. The van der Waals surface area contributed by atoms with Crippen molar-refractivity contribution < 1.29 is 13.9 Å². The molecule has 3 rings (SSSR count). The Morgan fingerprint density at radius 3 is 2.81 bits per heavy atom. The molecule has 0 spiro atoms. The maximum Gasteiger partial charge on any atom is 0.414 e. The summed E-state index contributed by atoms with van der Waals surface area (Å²) in [6.45, 7) is 0.988. The number of nitrogens with two attached hydrogens (primary N) is 1. The van der Waals surface area contributed by atoms with Crippen molar-refractivity contribution in [2.24, 2.45) is 5.73 Å². The molecule has 1 saturated heterocycles. The molecule has 1 aliphatic rings. The van der Waals surface area contributed by atoms with Gasteiger partial charge in [-0.15, -0.1) is 0 Å². The third kappa shape index (κ3) is 4.44. The lowest BCUT2D eigenvalue weighted by Gasteiger charge is -2.14. The van der Waals surface area contributed by atoms with Crippen LogP contribution in [0.25, 0.3) is 11.1 Å². The number of rotatable bonds is 4. The van der Waals surface area contributed by atoms with Crippen molar-refractivity contribution in [3.8, 4) is 11.1 Å². The van der Waals surface area contributed by atoms with Gasteiger partial charge in [0, 0.05) is 24.5 Å². The number of alkyl halides is 1. The van der Waals surface area contributed by atoms with Crippen molar-refractivity contribution in [3.63, 3.8) is 0 Å². The van der Waals surface area contributed by atoms with E-state index in [0.717, 1.165) is 16.7 Å². The summed E-state index contributed by atoms with van der Waals surface area (Å²) in [5.41, 5.74) is 7.50. The van der Waals surface area contributed by atoms with Gasteiger partial charge in [0.15, 0.2) is 5.96 Å². The largest absolute Gasteiger partial charge is 0.444 e. The molecular weight excluding hydrogens is 339 g/mol. The van der Waals surface area contributed by atoms with E-state index in [2.05, 4.69) is 9.97 Å². The van der Waals surface area contributed by atoms with Crippen LogP contribution in [0.3, 0.4) is 0 Å². The maximum absolute atomic E-state index is 13.3. The lowest BCUT2D eigenvalue weighted by molar-refractivity contribution is 0.145. The minimum Gasteiger partial charge on any atom is -0.444 e. The van der Waals surface area contributed by atoms with Gasteiger partial charge in [-0.2, -0.15) is 0 Å². The summed E-state index contributed by atoms with van der Waals surface area (Å²) in [6.07, 6.45) is 2.28. The van der Waals surface area contributed by atoms with Crippen LogP contribution in [0.1, 0.15) is 12.0 Å². The van der Waals surface area contributed by atoms with Crippen molar-refractivity contribution in [1.29, 1.82) is 5.41 Å². The first-order valence-electron chi connectivity index (χ1n) is 8.09. The number of hydrogen-bond acceptors (Lipinski definition) is 6. The average Bonchev–Trinajstić information content (AvgIpc) is 3.06. The third-order valence-corrected chi connectivity index (χ3v) is 3.92. The first-order valence-corrected chi connectivity index (χ1v) is 8.09. The maximum atomic E-state index is 13.3. The van der Waals surface area contributed by atoms with Crippen LogP contribution >= 0.6 is 0 Å². The van der Waals surface area contributed by atoms with Crippen LogP contribution in [-0.4, -0.2) is 41.3 Å². The number of nitrogens with zero attached hydrogens (tertiary/aromatic N) is 3. The molecule has 0 aliphatic carbocycles. The number of benzene rings is 1. The van der Waals surface area contributed by atoms with Crippen LogP contribution in [-0.2, 0) is 11.3 Å². The number of anilines is 1. The molecule has 1 aromatic carbocycles. The second-order valence-corrected chi connectivity index (χ2v) is 5.92. The Bertz CT molecular complexity index is 798. The van der Waals surface area contributed by atoms with Gasteiger partial charge in [0.05, 0.1) is 6.54 Å². The molecule has 2 aromatic rings. The van der Waals surface area contributed by atoms with E-state index in [0.29, 0.717) is 25.5 Å². The van der Waals surface area contributed by atoms with Gasteiger partial charge in [0.1, 0.15) is 12.8 Å². The Hall–Kier alpha value is -3.23. The fourth-order valence-corrected chi connectivity index (χ4v) is 2.67. The molecule has 0 unspecified atom stereocenters. The van der Waals surface area contributed by atoms with E-state index in [1.807, 2.05) is 34.5 Å². The van der Waals surface area contributed by atoms with Crippen LogP contribution in [0.5, 0.6) is 0 Å². The molecule has 8 nitrogen and oxygen atoms in total. The predicted molar refractivity (Wildman–Crippen MR) is 94.4 cm³/mol. The van der Waals surface area contributed by atoms with E-state index in [1.165, 1.54) is 0 Å². The van der Waals surface area contributed by atoms with Crippen LogP contribution in [0.2, 0.25) is 0 Å². The van der Waals surface area contributed by atoms with E-state index >= 15 is 0 Å². The number of carbonyl (C=O) groups is 1. The van der Waals surface area contributed by atoms with Crippen molar-refractivity contribution >= 4 is 18.0 Å². The highest BCUT2D eigenvalue weighted by Crippen LogP contribution is 2.22. The normalized spacial score (nSPS) is 16.3. The lowest BCUT2D eigenvalue weighted by Crippen LogP contribution is -2.35. The number of ether oxygens (including phenoxy) is 1. The van der Waals surface area contributed by atoms with Gasteiger partial charge in [0.25, 0.3) is 0 Å². The molecule has 1 amide bonds. The smallest absolute Gasteiger partial charge is 0.414 e. The highest BCUT2D eigenvalue weighted by Gasteiger charge is 2.23. The number of guanidine groups is 1. The molecule has 2 heterocycles. The standard InChI is InChI=1S/C17H19FN6O2/c18-14-4-5-24(9-14)16-21-7-13(8-22-16)12-3-1-2-11(6-12)10-26-17(25)23-15(19)20/h1-3,6-8,14H,4-5,9-10H2,(H4,19,20,23,25)/t14-/m0/s1. The summed E-state index contributed by atoms with van der Waals surface area (Å²) in [6, 6.07) is 7.39. The Kier molecular flexibility index (Phi) is 5.26. The summed E-state index contributed by atoms with van der Waals surface area (Å²) in [4.78, 5) is 21.8. The first kappa shape index (κ1) is 17.6. The van der Waals surface area contributed by atoms with Crippen LogP contribution in [0.15, 0.2) is 36.7 Å². The van der Waals surface area contributed by atoms with Crippen molar-refractivity contribution in [1.82, 2.24) is 15.3 Å². The highest BCUT2D eigenvalue weighted by atomic mass is 19.1. The van der Waals surface area contributed by atoms with Gasteiger partial charge in [-0.3, -0.25) is 10.7 Å². The van der Waals surface area contributed by atoms with E-state index in [4.69, 9.17) is 15.9 Å². The molecule has 0 bridgehead atoms.